The molecule has 1 N–H and O–H groups in total. The molecule has 0 aromatic rings. The van der Waals surface area contributed by atoms with Crippen molar-refractivity contribution in [2.24, 2.45) is 11.3 Å². The molecular weight excluding hydrogens is 214 g/mol. The van der Waals surface area contributed by atoms with Crippen LogP contribution >= 0.6 is 0 Å². The van der Waals surface area contributed by atoms with Crippen LogP contribution in [0.15, 0.2) is 0 Å². The van der Waals surface area contributed by atoms with E-state index >= 15 is 0 Å². The molecule has 1 atom stereocenters. The number of nitrogens with zero attached hydrogens (tertiary/aromatic N) is 1. The normalized spacial score (nSPS) is 29.4. The van der Waals surface area contributed by atoms with E-state index in [0.717, 1.165) is 38.9 Å². The number of carbonyl (C=O) groups excluding carboxylic acids is 1. The predicted molar refractivity (Wildman–Crippen MR) is 67.8 cm³/mol. The van der Waals surface area contributed by atoms with E-state index in [1.807, 2.05) is 0 Å². The second kappa shape index (κ2) is 5.96. The Balaban J connectivity index is 1.87. The molecule has 98 valence electrons. The third-order valence-corrected chi connectivity index (χ3v) is 4.53. The van der Waals surface area contributed by atoms with Gasteiger partial charge >= 0.3 is 0 Å². The van der Waals surface area contributed by atoms with Gasteiger partial charge in [0.1, 0.15) is 6.29 Å². The van der Waals surface area contributed by atoms with Crippen molar-refractivity contribution in [3.05, 3.63) is 0 Å². The lowest BCUT2D eigenvalue weighted by atomic mass is 9.85. The zero-order valence-electron chi connectivity index (χ0n) is 10.7. The zero-order valence-corrected chi connectivity index (χ0v) is 10.7. The minimum absolute atomic E-state index is 0.0406. The number of aliphatic hydroxyl groups is 1. The van der Waals surface area contributed by atoms with Crippen molar-refractivity contribution < 1.29 is 9.90 Å². The van der Waals surface area contributed by atoms with Crippen LogP contribution < -0.4 is 0 Å². The van der Waals surface area contributed by atoms with E-state index in [2.05, 4.69) is 4.90 Å². The average Bonchev–Trinajstić information content (AvgIpc) is 2.79. The van der Waals surface area contributed by atoms with Gasteiger partial charge in [-0.3, -0.25) is 0 Å². The molecule has 2 rings (SSSR count). The summed E-state index contributed by atoms with van der Waals surface area (Å²) in [7, 11) is 0. The molecule has 17 heavy (non-hydrogen) atoms. The van der Waals surface area contributed by atoms with Crippen molar-refractivity contribution in [1.82, 2.24) is 4.90 Å². The van der Waals surface area contributed by atoms with E-state index in [0.29, 0.717) is 12.5 Å². The number of aliphatic hydroxyl groups excluding tert-OH is 1. The van der Waals surface area contributed by atoms with Gasteiger partial charge in [0.15, 0.2) is 0 Å². The van der Waals surface area contributed by atoms with Gasteiger partial charge in [-0.25, -0.2) is 0 Å². The predicted octanol–water partition coefficient (Wildman–Crippen LogP) is 1.84. The molecule has 0 spiro atoms. The number of piperidine rings is 1. The summed E-state index contributed by atoms with van der Waals surface area (Å²) in [6.07, 6.45) is 9.19. The fourth-order valence-electron chi connectivity index (χ4n) is 3.55. The highest BCUT2D eigenvalue weighted by Gasteiger charge is 2.36. The largest absolute Gasteiger partial charge is 0.396 e. The Hall–Kier alpha value is -0.410. The highest BCUT2D eigenvalue weighted by Crippen LogP contribution is 2.37. The van der Waals surface area contributed by atoms with Crippen LogP contribution in [-0.2, 0) is 4.79 Å². The maximum absolute atomic E-state index is 11.3. The van der Waals surface area contributed by atoms with E-state index < -0.39 is 0 Å². The van der Waals surface area contributed by atoms with Crippen molar-refractivity contribution >= 4 is 6.29 Å². The summed E-state index contributed by atoms with van der Waals surface area (Å²) in [5.74, 6) is 0.638. The lowest BCUT2D eigenvalue weighted by molar-refractivity contribution is -0.117. The van der Waals surface area contributed by atoms with Crippen molar-refractivity contribution in [2.75, 3.05) is 26.2 Å². The Bertz CT molecular complexity index is 247. The highest BCUT2D eigenvalue weighted by atomic mass is 16.3. The van der Waals surface area contributed by atoms with Gasteiger partial charge in [-0.15, -0.1) is 0 Å². The minimum Gasteiger partial charge on any atom is -0.396 e. The zero-order chi connectivity index (χ0) is 12.1. The number of carbonyl (C=O) groups is 1. The van der Waals surface area contributed by atoms with Crippen LogP contribution in [0.5, 0.6) is 0 Å². The van der Waals surface area contributed by atoms with Crippen LogP contribution in [-0.4, -0.2) is 42.5 Å². The topological polar surface area (TPSA) is 40.5 Å². The van der Waals surface area contributed by atoms with Crippen molar-refractivity contribution in [1.29, 1.82) is 0 Å². The number of hydrogen-bond acceptors (Lipinski definition) is 3. The van der Waals surface area contributed by atoms with Crippen molar-refractivity contribution in [3.63, 3.8) is 0 Å². The van der Waals surface area contributed by atoms with E-state index in [9.17, 15) is 4.79 Å². The Morgan fingerprint density at radius 2 is 2.06 bits per heavy atom. The summed E-state index contributed by atoms with van der Waals surface area (Å²) >= 11 is 0. The summed E-state index contributed by atoms with van der Waals surface area (Å²) in [6, 6.07) is 0. The summed E-state index contributed by atoms with van der Waals surface area (Å²) < 4.78 is 0. The van der Waals surface area contributed by atoms with E-state index in [1.165, 1.54) is 32.0 Å². The Kier molecular flexibility index (Phi) is 4.57. The van der Waals surface area contributed by atoms with Crippen LogP contribution in [0.1, 0.15) is 44.9 Å². The summed E-state index contributed by atoms with van der Waals surface area (Å²) in [4.78, 5) is 13.8. The second-order valence-corrected chi connectivity index (χ2v) is 5.94. The summed E-state index contributed by atoms with van der Waals surface area (Å²) in [6.45, 7) is 3.48. The molecule has 3 nitrogen and oxygen atoms in total. The van der Waals surface area contributed by atoms with Gasteiger partial charge in [0.05, 0.1) is 0 Å². The first-order valence-electron chi connectivity index (χ1n) is 7.07. The SMILES string of the molecule is O=CC1(CN2CCCC(CCO)C2)CCCC1. The monoisotopic (exact) mass is 239 g/mol. The summed E-state index contributed by atoms with van der Waals surface area (Å²) in [5, 5.41) is 9.01. The molecule has 2 aliphatic rings. The number of rotatable bonds is 5. The summed E-state index contributed by atoms with van der Waals surface area (Å²) in [5.41, 5.74) is -0.0406. The van der Waals surface area contributed by atoms with Gasteiger partial charge in [-0.2, -0.15) is 0 Å². The average molecular weight is 239 g/mol. The van der Waals surface area contributed by atoms with Crippen LogP contribution in [0.25, 0.3) is 0 Å². The van der Waals surface area contributed by atoms with Gasteiger partial charge < -0.3 is 14.8 Å². The fourth-order valence-corrected chi connectivity index (χ4v) is 3.55. The van der Waals surface area contributed by atoms with Gasteiger partial charge in [-0.05, 0) is 44.6 Å². The van der Waals surface area contributed by atoms with Gasteiger partial charge in [-0.1, -0.05) is 12.8 Å². The molecule has 1 heterocycles. The first-order chi connectivity index (χ1) is 8.28. The van der Waals surface area contributed by atoms with Crippen molar-refractivity contribution in [2.45, 2.75) is 44.9 Å². The van der Waals surface area contributed by atoms with Gasteiger partial charge in [0.25, 0.3) is 0 Å². The second-order valence-electron chi connectivity index (χ2n) is 5.94. The van der Waals surface area contributed by atoms with Crippen LogP contribution in [0.3, 0.4) is 0 Å². The Morgan fingerprint density at radius 1 is 1.29 bits per heavy atom. The van der Waals surface area contributed by atoms with Gasteiger partial charge in [0, 0.05) is 25.1 Å². The van der Waals surface area contributed by atoms with Crippen LogP contribution in [0.4, 0.5) is 0 Å². The maximum atomic E-state index is 11.3. The molecule has 0 amide bonds. The first-order valence-corrected chi connectivity index (χ1v) is 7.07. The fraction of sp³-hybridized carbons (Fsp3) is 0.929. The lowest BCUT2D eigenvalue weighted by Gasteiger charge is -2.37. The lowest BCUT2D eigenvalue weighted by Crippen LogP contribution is -2.43. The molecule has 0 aromatic heterocycles. The molecule has 0 radical (unpaired) electrons. The van der Waals surface area contributed by atoms with Crippen LogP contribution in [0, 0.1) is 11.3 Å². The maximum Gasteiger partial charge on any atom is 0.127 e. The third-order valence-electron chi connectivity index (χ3n) is 4.53. The Labute approximate surface area is 104 Å². The molecule has 0 aromatic carbocycles. The van der Waals surface area contributed by atoms with E-state index in [-0.39, 0.29) is 5.41 Å². The smallest absolute Gasteiger partial charge is 0.127 e. The third kappa shape index (κ3) is 3.29. The number of likely N-dealkylation sites (tertiary alicyclic amines) is 1. The molecule has 0 bridgehead atoms. The molecule has 1 aliphatic carbocycles. The molecule has 3 heteroatoms. The number of aldehydes is 1. The van der Waals surface area contributed by atoms with Gasteiger partial charge in [0.2, 0.25) is 0 Å². The minimum atomic E-state index is -0.0406. The molecule has 1 saturated carbocycles. The Morgan fingerprint density at radius 3 is 2.71 bits per heavy atom. The van der Waals surface area contributed by atoms with Crippen molar-refractivity contribution in [3.8, 4) is 0 Å². The highest BCUT2D eigenvalue weighted by molar-refractivity contribution is 5.60. The molecular formula is C14H25NO2. The van der Waals surface area contributed by atoms with E-state index in [4.69, 9.17) is 5.11 Å². The quantitative estimate of drug-likeness (QED) is 0.744. The molecule has 1 saturated heterocycles. The first kappa shape index (κ1) is 13.0. The van der Waals surface area contributed by atoms with Crippen LogP contribution in [0.2, 0.25) is 0 Å². The number of hydrogen-bond donors (Lipinski definition) is 1. The standard InChI is InChI=1S/C14H25NO2/c16-9-5-13-4-3-8-15(10-13)11-14(12-17)6-1-2-7-14/h12-13,16H,1-11H2. The molecule has 2 fully saturated rings. The molecule has 1 aliphatic heterocycles. The van der Waals surface area contributed by atoms with E-state index in [1.54, 1.807) is 0 Å². The molecule has 1 unspecified atom stereocenters.